The Morgan fingerprint density at radius 1 is 1.11 bits per heavy atom. The van der Waals surface area contributed by atoms with Gasteiger partial charge in [0.25, 0.3) is 5.91 Å². The Labute approximate surface area is 158 Å². The molecule has 0 radical (unpaired) electrons. The molecule has 0 unspecified atom stereocenters. The van der Waals surface area contributed by atoms with Crippen molar-refractivity contribution in [3.63, 3.8) is 0 Å². The lowest BCUT2D eigenvalue weighted by molar-refractivity contribution is -0.147. The second-order valence-corrected chi connectivity index (χ2v) is 6.49. The minimum atomic E-state index is -0.455. The molecule has 27 heavy (non-hydrogen) atoms. The summed E-state index contributed by atoms with van der Waals surface area (Å²) in [4.78, 5) is 24.0. The van der Waals surface area contributed by atoms with Gasteiger partial charge in [0.1, 0.15) is 5.58 Å². The first kappa shape index (κ1) is 18.7. The Morgan fingerprint density at radius 3 is 2.70 bits per heavy atom. The van der Waals surface area contributed by atoms with Gasteiger partial charge in [-0.15, -0.1) is 0 Å². The van der Waals surface area contributed by atoms with E-state index < -0.39 is 5.97 Å². The number of ether oxygens (including phenoxy) is 1. The van der Waals surface area contributed by atoms with Crippen LogP contribution in [0.15, 0.2) is 53.1 Å². The fourth-order valence-electron chi connectivity index (χ4n) is 2.89. The standard InChI is InChI=1S/C22H23NO4/c1-3-16-8-9-19-18(13-26-20(19)10-16)11-22(25)27-14-21(24)23-12-17-7-5-4-6-15(17)2/h4-10,13H,3,11-12,14H2,1-2H3,(H,23,24). The number of carbonyl (C=O) groups excluding carboxylic acids is 2. The van der Waals surface area contributed by atoms with E-state index in [1.54, 1.807) is 6.26 Å². The van der Waals surface area contributed by atoms with Crippen molar-refractivity contribution in [1.29, 1.82) is 0 Å². The van der Waals surface area contributed by atoms with E-state index >= 15 is 0 Å². The summed E-state index contributed by atoms with van der Waals surface area (Å²) in [6, 6.07) is 13.8. The molecule has 0 aliphatic rings. The zero-order chi connectivity index (χ0) is 19.2. The van der Waals surface area contributed by atoms with Gasteiger partial charge in [0.05, 0.1) is 12.7 Å². The molecule has 3 rings (SSSR count). The molecule has 0 aliphatic carbocycles. The SMILES string of the molecule is CCc1ccc2c(CC(=O)OCC(=O)NCc3ccccc3C)coc2c1. The Morgan fingerprint density at radius 2 is 1.93 bits per heavy atom. The van der Waals surface area contributed by atoms with Crippen molar-refractivity contribution in [2.75, 3.05) is 6.61 Å². The van der Waals surface area contributed by atoms with E-state index in [-0.39, 0.29) is 18.9 Å². The minimum absolute atomic E-state index is 0.0730. The lowest BCUT2D eigenvalue weighted by Gasteiger charge is -2.08. The number of rotatable bonds is 7. The lowest BCUT2D eigenvalue weighted by Crippen LogP contribution is -2.28. The van der Waals surface area contributed by atoms with Crippen molar-refractivity contribution in [1.82, 2.24) is 5.32 Å². The van der Waals surface area contributed by atoms with Gasteiger partial charge < -0.3 is 14.5 Å². The summed E-state index contributed by atoms with van der Waals surface area (Å²) in [6.07, 6.45) is 2.57. The maximum atomic E-state index is 12.1. The number of carbonyl (C=O) groups is 2. The Kier molecular flexibility index (Phi) is 5.91. The highest BCUT2D eigenvalue weighted by Gasteiger charge is 2.13. The van der Waals surface area contributed by atoms with Crippen LogP contribution in [0.1, 0.15) is 29.2 Å². The van der Waals surface area contributed by atoms with Crippen LogP contribution in [0.4, 0.5) is 0 Å². The predicted octanol–water partition coefficient (Wildman–Crippen LogP) is 3.71. The molecule has 1 amide bonds. The smallest absolute Gasteiger partial charge is 0.310 e. The molecule has 0 fully saturated rings. The Bertz CT molecular complexity index is 958. The average molecular weight is 365 g/mol. The van der Waals surface area contributed by atoms with E-state index in [1.165, 1.54) is 5.56 Å². The van der Waals surface area contributed by atoms with E-state index in [9.17, 15) is 9.59 Å². The van der Waals surface area contributed by atoms with Crippen molar-refractivity contribution in [3.8, 4) is 0 Å². The van der Waals surface area contributed by atoms with Crippen molar-refractivity contribution in [3.05, 3.63) is 71.0 Å². The number of furan rings is 1. The van der Waals surface area contributed by atoms with Gasteiger partial charge in [0, 0.05) is 17.5 Å². The summed E-state index contributed by atoms with van der Waals surface area (Å²) in [6.45, 7) is 4.18. The first-order valence-corrected chi connectivity index (χ1v) is 9.02. The van der Waals surface area contributed by atoms with Crippen LogP contribution in [0.5, 0.6) is 0 Å². The Hall–Kier alpha value is -3.08. The summed E-state index contributed by atoms with van der Waals surface area (Å²) < 4.78 is 10.6. The van der Waals surface area contributed by atoms with Crippen LogP contribution in [-0.4, -0.2) is 18.5 Å². The van der Waals surface area contributed by atoms with Crippen molar-refractivity contribution in [2.24, 2.45) is 0 Å². The normalized spacial score (nSPS) is 10.7. The van der Waals surface area contributed by atoms with Crippen molar-refractivity contribution < 1.29 is 18.7 Å². The number of hydrogen-bond donors (Lipinski definition) is 1. The fourth-order valence-corrected chi connectivity index (χ4v) is 2.89. The molecule has 0 aliphatic heterocycles. The molecule has 140 valence electrons. The molecule has 5 nitrogen and oxygen atoms in total. The highest BCUT2D eigenvalue weighted by molar-refractivity contribution is 5.87. The molecular weight excluding hydrogens is 342 g/mol. The molecule has 3 aromatic rings. The molecule has 0 saturated carbocycles. The molecule has 1 heterocycles. The van der Waals surface area contributed by atoms with Crippen molar-refractivity contribution >= 4 is 22.8 Å². The highest BCUT2D eigenvalue weighted by Crippen LogP contribution is 2.23. The highest BCUT2D eigenvalue weighted by atomic mass is 16.5. The molecule has 0 saturated heterocycles. The van der Waals surface area contributed by atoms with Gasteiger partial charge in [-0.25, -0.2) is 0 Å². The van der Waals surface area contributed by atoms with Crippen LogP contribution in [0.25, 0.3) is 11.0 Å². The molecule has 1 aromatic heterocycles. The molecule has 0 atom stereocenters. The molecule has 0 spiro atoms. The van der Waals surface area contributed by atoms with E-state index in [2.05, 4.69) is 12.2 Å². The number of nitrogens with one attached hydrogen (secondary N) is 1. The summed E-state index contributed by atoms with van der Waals surface area (Å²) in [5.41, 5.74) is 4.84. The third kappa shape index (κ3) is 4.76. The van der Waals surface area contributed by atoms with E-state index in [4.69, 9.17) is 9.15 Å². The third-order valence-corrected chi connectivity index (χ3v) is 4.56. The lowest BCUT2D eigenvalue weighted by atomic mass is 10.1. The van der Waals surface area contributed by atoms with Gasteiger partial charge in [-0.05, 0) is 36.1 Å². The van der Waals surface area contributed by atoms with Gasteiger partial charge >= 0.3 is 5.97 Å². The number of hydrogen-bond acceptors (Lipinski definition) is 4. The maximum absolute atomic E-state index is 12.1. The van der Waals surface area contributed by atoms with Crippen LogP contribution < -0.4 is 5.32 Å². The molecule has 0 bridgehead atoms. The van der Waals surface area contributed by atoms with Gasteiger partial charge in [0.2, 0.25) is 0 Å². The topological polar surface area (TPSA) is 68.5 Å². The zero-order valence-electron chi connectivity index (χ0n) is 15.6. The fraction of sp³-hybridized carbons (Fsp3) is 0.273. The summed E-state index contributed by atoms with van der Waals surface area (Å²) in [5, 5.41) is 3.66. The van der Waals surface area contributed by atoms with Gasteiger partial charge in [-0.1, -0.05) is 43.3 Å². The first-order chi connectivity index (χ1) is 13.1. The van der Waals surface area contributed by atoms with Crippen LogP contribution in [-0.2, 0) is 33.7 Å². The zero-order valence-corrected chi connectivity index (χ0v) is 15.6. The largest absolute Gasteiger partial charge is 0.464 e. The molecule has 1 N–H and O–H groups in total. The molecular formula is C22H23NO4. The predicted molar refractivity (Wildman–Crippen MR) is 103 cm³/mol. The number of benzene rings is 2. The number of fused-ring (bicyclic) bond motifs is 1. The molecule has 5 heteroatoms. The number of amides is 1. The van der Waals surface area contributed by atoms with Gasteiger partial charge in [-0.3, -0.25) is 9.59 Å². The summed E-state index contributed by atoms with van der Waals surface area (Å²) in [7, 11) is 0. The number of aryl methyl sites for hydroxylation is 2. The van der Waals surface area contributed by atoms with Crippen LogP contribution in [0.2, 0.25) is 0 Å². The summed E-state index contributed by atoms with van der Waals surface area (Å²) in [5.74, 6) is -0.778. The van der Waals surface area contributed by atoms with Crippen LogP contribution >= 0.6 is 0 Å². The molecule has 2 aromatic carbocycles. The third-order valence-electron chi connectivity index (χ3n) is 4.56. The van der Waals surface area contributed by atoms with E-state index in [1.807, 2.05) is 49.4 Å². The maximum Gasteiger partial charge on any atom is 0.310 e. The van der Waals surface area contributed by atoms with Gasteiger partial charge in [0.15, 0.2) is 6.61 Å². The number of esters is 1. The average Bonchev–Trinajstić information content (AvgIpc) is 3.07. The minimum Gasteiger partial charge on any atom is -0.464 e. The summed E-state index contributed by atoms with van der Waals surface area (Å²) >= 11 is 0. The van der Waals surface area contributed by atoms with E-state index in [0.29, 0.717) is 6.54 Å². The second-order valence-electron chi connectivity index (χ2n) is 6.49. The van der Waals surface area contributed by atoms with Crippen LogP contribution in [0, 0.1) is 6.92 Å². The van der Waals surface area contributed by atoms with Crippen molar-refractivity contribution in [2.45, 2.75) is 33.2 Å². The monoisotopic (exact) mass is 365 g/mol. The van der Waals surface area contributed by atoms with Gasteiger partial charge in [-0.2, -0.15) is 0 Å². The Balaban J connectivity index is 1.49. The van der Waals surface area contributed by atoms with E-state index in [0.717, 1.165) is 34.1 Å². The quantitative estimate of drug-likeness (QED) is 0.648. The first-order valence-electron chi connectivity index (χ1n) is 9.02. The second kappa shape index (κ2) is 8.54. The van der Waals surface area contributed by atoms with Crippen LogP contribution in [0.3, 0.4) is 0 Å².